The van der Waals surface area contributed by atoms with E-state index >= 15 is 0 Å². The topological polar surface area (TPSA) is 163 Å². The fraction of sp³-hybridized carbons (Fsp3) is 0.390. The standard InChI is InChI=1S/C27H26F3N3O4.C14H21NO3/c1-26(2,25(35)36)37-20-5-3-4-16(14-20)12-13-31-24(34)21-15-32-23(33-22(21)17-6-7-17)18-8-10-19(11-9-18)27(28,29)30;1-4-17-13(16)14(2,3)18-12-7-5-6-11(10-12)8-9-15/h3-5,8-11,14-15,17H,6-7,12-13H2,1-2H3,(H,31,34)(H,35,36);5-7,10H,4,8-9,15H2,1-3H3. The van der Waals surface area contributed by atoms with Crippen LogP contribution in [-0.2, 0) is 33.3 Å². The van der Waals surface area contributed by atoms with E-state index < -0.39 is 28.9 Å². The molecule has 4 aromatic rings. The first-order chi connectivity index (χ1) is 25.9. The predicted molar refractivity (Wildman–Crippen MR) is 200 cm³/mol. The summed E-state index contributed by atoms with van der Waals surface area (Å²) in [7, 11) is 0. The number of nitrogens with zero attached hydrogens (tertiary/aromatic N) is 2. The van der Waals surface area contributed by atoms with Crippen LogP contribution in [0.5, 0.6) is 11.5 Å². The van der Waals surface area contributed by atoms with Gasteiger partial charge in [-0.1, -0.05) is 36.4 Å². The van der Waals surface area contributed by atoms with E-state index in [2.05, 4.69) is 15.3 Å². The van der Waals surface area contributed by atoms with E-state index in [0.717, 1.165) is 42.5 Å². The number of amides is 1. The molecule has 294 valence electrons. The van der Waals surface area contributed by atoms with E-state index in [9.17, 15) is 32.7 Å². The molecule has 55 heavy (non-hydrogen) atoms. The van der Waals surface area contributed by atoms with Gasteiger partial charge in [0.25, 0.3) is 5.91 Å². The van der Waals surface area contributed by atoms with Crippen LogP contribution < -0.4 is 20.5 Å². The largest absolute Gasteiger partial charge is 0.478 e. The Balaban J connectivity index is 0.000000314. The molecule has 1 saturated carbocycles. The van der Waals surface area contributed by atoms with Crippen LogP contribution in [0.4, 0.5) is 13.2 Å². The van der Waals surface area contributed by atoms with Crippen molar-refractivity contribution in [3.8, 4) is 22.9 Å². The summed E-state index contributed by atoms with van der Waals surface area (Å²) in [5.74, 6) is -0.326. The van der Waals surface area contributed by atoms with Crippen molar-refractivity contribution in [1.29, 1.82) is 0 Å². The van der Waals surface area contributed by atoms with Crippen LogP contribution in [0.3, 0.4) is 0 Å². The second-order valence-electron chi connectivity index (χ2n) is 13.9. The highest BCUT2D eigenvalue weighted by molar-refractivity contribution is 5.95. The van der Waals surface area contributed by atoms with Crippen molar-refractivity contribution in [2.24, 2.45) is 5.73 Å². The number of carbonyl (C=O) groups is 3. The molecule has 1 amide bonds. The number of hydrogen-bond acceptors (Lipinski definition) is 9. The van der Waals surface area contributed by atoms with Crippen molar-refractivity contribution in [2.45, 2.75) is 83.6 Å². The maximum atomic E-state index is 12.9. The van der Waals surface area contributed by atoms with Crippen LogP contribution in [0.15, 0.2) is 79.0 Å². The lowest BCUT2D eigenvalue weighted by Gasteiger charge is -2.24. The van der Waals surface area contributed by atoms with Gasteiger partial charge in [0.1, 0.15) is 11.5 Å². The first-order valence-corrected chi connectivity index (χ1v) is 17.9. The molecule has 11 nitrogen and oxygen atoms in total. The number of halogens is 3. The predicted octanol–water partition coefficient (Wildman–Crippen LogP) is 7.16. The number of rotatable bonds is 15. The number of nitrogens with two attached hydrogens (primary N) is 1. The van der Waals surface area contributed by atoms with Gasteiger partial charge < -0.3 is 30.4 Å². The summed E-state index contributed by atoms with van der Waals surface area (Å²) in [6, 6.07) is 19.2. The Kier molecular flexibility index (Phi) is 14.0. The minimum absolute atomic E-state index is 0.114. The molecular weight excluding hydrogens is 717 g/mol. The van der Waals surface area contributed by atoms with Gasteiger partial charge in [0.05, 0.1) is 23.4 Å². The van der Waals surface area contributed by atoms with Gasteiger partial charge in [-0.2, -0.15) is 13.2 Å². The fourth-order valence-electron chi connectivity index (χ4n) is 5.28. The van der Waals surface area contributed by atoms with Crippen LogP contribution in [0.1, 0.15) is 86.1 Å². The molecule has 0 saturated heterocycles. The number of carboxylic acids is 1. The first-order valence-electron chi connectivity index (χ1n) is 17.9. The zero-order valence-electron chi connectivity index (χ0n) is 31.5. The number of alkyl halides is 3. The van der Waals surface area contributed by atoms with E-state index in [4.69, 9.17) is 19.9 Å². The molecule has 1 aliphatic carbocycles. The molecule has 0 radical (unpaired) electrons. The molecule has 0 atom stereocenters. The Morgan fingerprint density at radius 2 is 1.45 bits per heavy atom. The highest BCUT2D eigenvalue weighted by atomic mass is 19.4. The Morgan fingerprint density at radius 3 is 1.98 bits per heavy atom. The average molecular weight is 765 g/mol. The Labute approximate surface area is 318 Å². The van der Waals surface area contributed by atoms with Crippen LogP contribution in [-0.4, -0.2) is 63.8 Å². The molecule has 0 aliphatic heterocycles. The summed E-state index contributed by atoms with van der Waals surface area (Å²) in [5, 5.41) is 12.1. The Morgan fingerprint density at radius 1 is 0.873 bits per heavy atom. The normalized spacial score (nSPS) is 12.9. The SMILES string of the molecule is CC(C)(Oc1cccc(CCNC(=O)c2cnc(-c3ccc(C(F)(F)F)cc3)nc2C2CC2)c1)C(=O)O.CCOC(=O)C(C)(C)Oc1cccc(CCN)c1. The molecule has 1 fully saturated rings. The monoisotopic (exact) mass is 764 g/mol. The van der Waals surface area contributed by atoms with Gasteiger partial charge in [-0.25, -0.2) is 19.6 Å². The average Bonchev–Trinajstić information content (AvgIpc) is 3.97. The van der Waals surface area contributed by atoms with Gasteiger partial charge >= 0.3 is 18.1 Å². The number of aliphatic carboxylic acids is 1. The van der Waals surface area contributed by atoms with E-state index in [1.54, 1.807) is 39.0 Å². The second kappa shape index (κ2) is 18.2. The van der Waals surface area contributed by atoms with Crippen molar-refractivity contribution >= 4 is 17.8 Å². The Hall–Kier alpha value is -5.50. The van der Waals surface area contributed by atoms with E-state index in [1.165, 1.54) is 32.2 Å². The highest BCUT2D eigenvalue weighted by Gasteiger charge is 2.33. The van der Waals surface area contributed by atoms with Crippen LogP contribution in [0, 0.1) is 0 Å². The fourth-order valence-corrected chi connectivity index (χ4v) is 5.28. The van der Waals surface area contributed by atoms with Crippen molar-refractivity contribution in [3.63, 3.8) is 0 Å². The van der Waals surface area contributed by atoms with E-state index in [0.29, 0.717) is 54.4 Å². The third-order valence-corrected chi connectivity index (χ3v) is 8.45. The maximum Gasteiger partial charge on any atom is 0.416 e. The van der Waals surface area contributed by atoms with Gasteiger partial charge in [-0.3, -0.25) is 4.79 Å². The van der Waals surface area contributed by atoms with Crippen molar-refractivity contribution in [3.05, 3.63) is 107 Å². The maximum absolute atomic E-state index is 12.9. The molecular formula is C41H47F3N4O7. The smallest absolute Gasteiger partial charge is 0.416 e. The molecule has 0 spiro atoms. The lowest BCUT2D eigenvalue weighted by Crippen LogP contribution is -2.39. The number of carbonyl (C=O) groups excluding carboxylic acids is 2. The van der Waals surface area contributed by atoms with Crippen molar-refractivity contribution in [1.82, 2.24) is 15.3 Å². The number of ether oxygens (including phenoxy) is 3. The summed E-state index contributed by atoms with van der Waals surface area (Å²) in [5.41, 5.74) is 5.72. The highest BCUT2D eigenvalue weighted by Crippen LogP contribution is 2.41. The number of carboxylic acid groups (broad SMARTS) is 1. The quantitative estimate of drug-likeness (QED) is 0.106. The summed E-state index contributed by atoms with van der Waals surface area (Å²) in [6.45, 7) is 9.34. The second-order valence-corrected chi connectivity index (χ2v) is 13.9. The number of hydrogen-bond donors (Lipinski definition) is 3. The lowest BCUT2D eigenvalue weighted by atomic mass is 10.1. The van der Waals surface area contributed by atoms with E-state index in [-0.39, 0.29) is 23.6 Å². The summed E-state index contributed by atoms with van der Waals surface area (Å²) < 4.78 is 54.8. The molecule has 1 aliphatic rings. The minimum Gasteiger partial charge on any atom is -0.478 e. The summed E-state index contributed by atoms with van der Waals surface area (Å²) in [4.78, 5) is 44.7. The van der Waals surface area contributed by atoms with Gasteiger partial charge in [0.2, 0.25) is 0 Å². The van der Waals surface area contributed by atoms with Crippen molar-refractivity contribution < 1.29 is 46.9 Å². The van der Waals surface area contributed by atoms with Gasteiger partial charge in [0.15, 0.2) is 17.0 Å². The number of esters is 1. The minimum atomic E-state index is -4.43. The zero-order valence-corrected chi connectivity index (χ0v) is 31.5. The van der Waals surface area contributed by atoms with Crippen LogP contribution in [0.2, 0.25) is 0 Å². The van der Waals surface area contributed by atoms with Crippen LogP contribution >= 0.6 is 0 Å². The van der Waals surface area contributed by atoms with Gasteiger partial charge in [0, 0.05) is 24.2 Å². The summed E-state index contributed by atoms with van der Waals surface area (Å²) in [6.07, 6.45) is 0.0263. The molecule has 0 bridgehead atoms. The van der Waals surface area contributed by atoms with Crippen LogP contribution in [0.25, 0.3) is 11.4 Å². The third kappa shape index (κ3) is 12.3. The summed E-state index contributed by atoms with van der Waals surface area (Å²) >= 11 is 0. The Bertz CT molecular complexity index is 1950. The molecule has 5 rings (SSSR count). The number of nitrogens with one attached hydrogen (secondary N) is 1. The van der Waals surface area contributed by atoms with Gasteiger partial charge in [-0.15, -0.1) is 0 Å². The third-order valence-electron chi connectivity index (χ3n) is 8.45. The number of aromatic nitrogens is 2. The molecule has 0 unspecified atom stereocenters. The van der Waals surface area contributed by atoms with E-state index in [1.807, 2.05) is 30.3 Å². The zero-order chi connectivity index (χ0) is 40.4. The lowest BCUT2D eigenvalue weighted by molar-refractivity contribution is -0.158. The molecule has 3 aromatic carbocycles. The number of benzene rings is 3. The van der Waals surface area contributed by atoms with Gasteiger partial charge in [-0.05, 0) is 114 Å². The molecule has 14 heteroatoms. The van der Waals surface area contributed by atoms with Crippen molar-refractivity contribution in [2.75, 3.05) is 19.7 Å². The molecule has 4 N–H and O–H groups in total. The first kappa shape index (κ1) is 42.2. The molecule has 1 aromatic heterocycles. The molecule has 1 heterocycles.